The molecule has 0 saturated heterocycles. The summed E-state index contributed by atoms with van der Waals surface area (Å²) in [5, 5.41) is 40.1. The quantitative estimate of drug-likeness (QED) is 0.288. The van der Waals surface area contributed by atoms with E-state index < -0.39 is 57.0 Å². The van der Waals surface area contributed by atoms with Crippen molar-refractivity contribution >= 4 is 29.5 Å². The third kappa shape index (κ3) is 5.07. The van der Waals surface area contributed by atoms with Gasteiger partial charge in [-0.15, -0.1) is 0 Å². The molecule has 11 heteroatoms. The Hall–Kier alpha value is -5.06. The number of rotatable bonds is 8. The first kappa shape index (κ1) is 26.0. The molecular weight excluding hydrogens is 496 g/mol. The number of amides is 1. The summed E-state index contributed by atoms with van der Waals surface area (Å²) in [6.07, 6.45) is 1.99. The fraction of sp³-hybridized carbons (Fsp3) is 0.185. The SMILES string of the molecule is O=C(O)c1cc(C(=O)O)c(C(=O)N(Cc2cccc([N+](=O)[O-])c2)[C@H]2CCCc3ccccc32)cc1C(=O)O. The Labute approximate surface area is 215 Å². The van der Waals surface area contributed by atoms with E-state index in [1.807, 2.05) is 18.2 Å². The van der Waals surface area contributed by atoms with Crippen LogP contribution in [0.1, 0.15) is 77.0 Å². The molecule has 0 saturated carbocycles. The van der Waals surface area contributed by atoms with Crippen molar-refractivity contribution in [2.24, 2.45) is 0 Å². The summed E-state index contributed by atoms with van der Waals surface area (Å²) < 4.78 is 0. The Morgan fingerprint density at radius 2 is 1.45 bits per heavy atom. The van der Waals surface area contributed by atoms with Gasteiger partial charge in [-0.2, -0.15) is 0 Å². The van der Waals surface area contributed by atoms with E-state index in [9.17, 15) is 44.6 Å². The number of hydrogen-bond acceptors (Lipinski definition) is 6. The molecule has 0 radical (unpaired) electrons. The van der Waals surface area contributed by atoms with Crippen LogP contribution in [0.3, 0.4) is 0 Å². The summed E-state index contributed by atoms with van der Waals surface area (Å²) >= 11 is 0. The smallest absolute Gasteiger partial charge is 0.336 e. The van der Waals surface area contributed by atoms with Gasteiger partial charge < -0.3 is 20.2 Å². The van der Waals surface area contributed by atoms with E-state index in [4.69, 9.17) is 0 Å². The molecule has 0 aromatic heterocycles. The zero-order valence-corrected chi connectivity index (χ0v) is 19.9. The van der Waals surface area contributed by atoms with Gasteiger partial charge in [0.05, 0.1) is 33.2 Å². The number of nitrogens with zero attached hydrogens (tertiary/aromatic N) is 2. The molecule has 1 aliphatic rings. The van der Waals surface area contributed by atoms with Gasteiger partial charge in [-0.25, -0.2) is 14.4 Å². The predicted octanol–water partition coefficient (Wildman–Crippen LogP) is 4.41. The zero-order chi connectivity index (χ0) is 27.6. The maximum absolute atomic E-state index is 14.0. The Morgan fingerprint density at radius 3 is 2.08 bits per heavy atom. The molecule has 1 atom stereocenters. The molecule has 38 heavy (non-hydrogen) atoms. The van der Waals surface area contributed by atoms with Crippen LogP contribution in [-0.4, -0.2) is 49.0 Å². The van der Waals surface area contributed by atoms with Gasteiger partial charge >= 0.3 is 17.9 Å². The van der Waals surface area contributed by atoms with Crippen molar-refractivity contribution in [3.8, 4) is 0 Å². The maximum Gasteiger partial charge on any atom is 0.336 e. The van der Waals surface area contributed by atoms with Crippen molar-refractivity contribution in [2.75, 3.05) is 0 Å². The van der Waals surface area contributed by atoms with Crippen molar-refractivity contribution in [3.63, 3.8) is 0 Å². The standard InChI is InChI=1S/C27H22N2O9/c30-24(19-12-21(26(33)34)22(27(35)36)13-20(19)25(31)32)28(14-15-5-3-8-17(11-15)29(37)38)23-10-4-7-16-6-1-2-9-18(16)23/h1-3,5-6,8-9,11-13,23H,4,7,10,14H2,(H,31,32)(H,33,34)(H,35,36)/t23-/m0/s1. The number of carbonyl (C=O) groups excluding carboxylic acids is 1. The van der Waals surface area contributed by atoms with Crippen molar-refractivity contribution in [1.82, 2.24) is 4.90 Å². The molecule has 3 aromatic carbocycles. The minimum Gasteiger partial charge on any atom is -0.478 e. The number of aromatic carboxylic acids is 3. The number of fused-ring (bicyclic) bond motifs is 1. The van der Waals surface area contributed by atoms with E-state index in [0.717, 1.165) is 23.6 Å². The van der Waals surface area contributed by atoms with Gasteiger partial charge in [0.25, 0.3) is 11.6 Å². The maximum atomic E-state index is 14.0. The highest BCUT2D eigenvalue weighted by atomic mass is 16.6. The number of hydrogen-bond donors (Lipinski definition) is 3. The van der Waals surface area contributed by atoms with E-state index >= 15 is 0 Å². The van der Waals surface area contributed by atoms with Gasteiger partial charge in [0, 0.05) is 18.7 Å². The first-order chi connectivity index (χ1) is 18.1. The van der Waals surface area contributed by atoms with Crippen LogP contribution in [0.2, 0.25) is 0 Å². The highest BCUT2D eigenvalue weighted by Gasteiger charge is 2.34. The lowest BCUT2D eigenvalue weighted by Gasteiger charge is -2.36. The van der Waals surface area contributed by atoms with Gasteiger partial charge in [0.2, 0.25) is 0 Å². The fourth-order valence-corrected chi connectivity index (χ4v) is 4.80. The number of benzene rings is 3. The normalized spacial score (nSPS) is 14.3. The summed E-state index contributed by atoms with van der Waals surface area (Å²) in [5.74, 6) is -5.73. The summed E-state index contributed by atoms with van der Waals surface area (Å²) in [6, 6.07) is 14.0. The van der Waals surface area contributed by atoms with E-state index in [2.05, 4.69) is 0 Å². The average Bonchev–Trinajstić information content (AvgIpc) is 2.90. The molecule has 1 aliphatic carbocycles. The van der Waals surface area contributed by atoms with Crippen molar-refractivity contribution in [2.45, 2.75) is 31.8 Å². The fourth-order valence-electron chi connectivity index (χ4n) is 4.80. The van der Waals surface area contributed by atoms with E-state index in [1.54, 1.807) is 12.1 Å². The molecule has 0 heterocycles. The van der Waals surface area contributed by atoms with E-state index in [1.165, 1.54) is 23.1 Å². The van der Waals surface area contributed by atoms with Crippen LogP contribution in [0, 0.1) is 10.1 Å². The summed E-state index contributed by atoms with van der Waals surface area (Å²) in [5.41, 5.74) is -0.609. The Balaban J connectivity index is 1.90. The molecule has 0 aliphatic heterocycles. The monoisotopic (exact) mass is 518 g/mol. The Kier molecular flexibility index (Phi) is 7.19. The zero-order valence-electron chi connectivity index (χ0n) is 19.9. The van der Waals surface area contributed by atoms with Gasteiger partial charge in [-0.3, -0.25) is 14.9 Å². The van der Waals surface area contributed by atoms with Crippen LogP contribution in [0.25, 0.3) is 0 Å². The highest BCUT2D eigenvalue weighted by Crippen LogP contribution is 2.37. The van der Waals surface area contributed by atoms with Gasteiger partial charge in [-0.1, -0.05) is 36.4 Å². The van der Waals surface area contributed by atoms with Crippen molar-refractivity contribution in [1.29, 1.82) is 0 Å². The minimum absolute atomic E-state index is 0.137. The molecule has 0 fully saturated rings. The topological polar surface area (TPSA) is 175 Å². The largest absolute Gasteiger partial charge is 0.478 e. The molecule has 3 aromatic rings. The first-order valence-corrected chi connectivity index (χ1v) is 11.6. The molecule has 0 unspecified atom stereocenters. The molecule has 1 amide bonds. The lowest BCUT2D eigenvalue weighted by atomic mass is 9.86. The molecule has 4 rings (SSSR count). The van der Waals surface area contributed by atoms with Crippen LogP contribution in [-0.2, 0) is 13.0 Å². The minimum atomic E-state index is -1.65. The number of carboxylic acid groups (broad SMARTS) is 3. The summed E-state index contributed by atoms with van der Waals surface area (Å²) in [6.45, 7) is -0.137. The van der Waals surface area contributed by atoms with E-state index in [0.29, 0.717) is 24.5 Å². The second kappa shape index (κ2) is 10.5. The Bertz CT molecular complexity index is 1480. The summed E-state index contributed by atoms with van der Waals surface area (Å²) in [4.78, 5) is 61.7. The number of carbonyl (C=O) groups is 4. The number of nitro benzene ring substituents is 1. The third-order valence-corrected chi connectivity index (χ3v) is 6.53. The van der Waals surface area contributed by atoms with Crippen molar-refractivity contribution < 1.29 is 39.4 Å². The summed E-state index contributed by atoms with van der Waals surface area (Å²) in [7, 11) is 0. The van der Waals surface area contributed by atoms with Crippen LogP contribution < -0.4 is 0 Å². The molecular formula is C27H22N2O9. The van der Waals surface area contributed by atoms with Gasteiger partial charge in [0.1, 0.15) is 0 Å². The van der Waals surface area contributed by atoms with Gasteiger partial charge in [-0.05, 0) is 48.1 Å². The molecule has 194 valence electrons. The van der Waals surface area contributed by atoms with Crippen LogP contribution >= 0.6 is 0 Å². The number of non-ortho nitro benzene ring substituents is 1. The van der Waals surface area contributed by atoms with Gasteiger partial charge in [0.15, 0.2) is 0 Å². The molecule has 3 N–H and O–H groups in total. The predicted molar refractivity (Wildman–Crippen MR) is 132 cm³/mol. The Morgan fingerprint density at radius 1 is 0.842 bits per heavy atom. The number of carboxylic acids is 3. The van der Waals surface area contributed by atoms with E-state index in [-0.39, 0.29) is 12.2 Å². The number of nitro groups is 1. The molecule has 0 spiro atoms. The van der Waals surface area contributed by atoms with Crippen LogP contribution in [0.5, 0.6) is 0 Å². The van der Waals surface area contributed by atoms with Crippen LogP contribution in [0.4, 0.5) is 5.69 Å². The average molecular weight is 518 g/mol. The molecule has 11 nitrogen and oxygen atoms in total. The molecule has 0 bridgehead atoms. The lowest BCUT2D eigenvalue weighted by Crippen LogP contribution is -2.37. The third-order valence-electron chi connectivity index (χ3n) is 6.53. The highest BCUT2D eigenvalue weighted by molar-refractivity contribution is 6.10. The lowest BCUT2D eigenvalue weighted by molar-refractivity contribution is -0.384. The second-order valence-corrected chi connectivity index (χ2v) is 8.83. The number of aryl methyl sites for hydroxylation is 1. The van der Waals surface area contributed by atoms with Crippen LogP contribution in [0.15, 0.2) is 60.7 Å². The first-order valence-electron chi connectivity index (χ1n) is 11.6. The van der Waals surface area contributed by atoms with Crippen molar-refractivity contribution in [3.05, 3.63) is 110 Å². The second-order valence-electron chi connectivity index (χ2n) is 8.83.